The molecule has 1 saturated carbocycles. The number of carbonyl (C=O) groups excluding carboxylic acids is 1. The van der Waals surface area contributed by atoms with Crippen LogP contribution in [0.4, 0.5) is 4.79 Å². The van der Waals surface area contributed by atoms with Gasteiger partial charge in [0.1, 0.15) is 0 Å². The summed E-state index contributed by atoms with van der Waals surface area (Å²) in [5.74, 6) is 0. The number of nitrogens with zero attached hydrogens (tertiary/aromatic N) is 1. The second-order valence-electron chi connectivity index (χ2n) is 6.48. The van der Waals surface area contributed by atoms with Crippen molar-refractivity contribution >= 4 is 17.8 Å². The van der Waals surface area contributed by atoms with Gasteiger partial charge in [0.15, 0.2) is 0 Å². The third kappa shape index (κ3) is 3.25. The lowest BCUT2D eigenvalue weighted by Crippen LogP contribution is -2.51. The minimum Gasteiger partial charge on any atom is -0.335 e. The summed E-state index contributed by atoms with van der Waals surface area (Å²) in [5.41, 5.74) is 0. The number of carbonyl (C=O) groups is 1. The van der Waals surface area contributed by atoms with Crippen molar-refractivity contribution < 1.29 is 4.79 Å². The van der Waals surface area contributed by atoms with Gasteiger partial charge in [-0.2, -0.15) is 11.8 Å². The van der Waals surface area contributed by atoms with Crippen LogP contribution >= 0.6 is 11.8 Å². The first-order chi connectivity index (χ1) is 9.76. The van der Waals surface area contributed by atoms with E-state index in [0.29, 0.717) is 18.1 Å². The molecule has 114 valence electrons. The smallest absolute Gasteiger partial charge is 0.315 e. The van der Waals surface area contributed by atoms with Crippen LogP contribution in [0, 0.1) is 0 Å². The third-order valence-electron chi connectivity index (χ3n) is 5.23. The van der Waals surface area contributed by atoms with E-state index < -0.39 is 0 Å². The van der Waals surface area contributed by atoms with Gasteiger partial charge in [-0.3, -0.25) is 4.90 Å². The Morgan fingerprint density at radius 1 is 1.10 bits per heavy atom. The van der Waals surface area contributed by atoms with Crippen LogP contribution in [0.25, 0.3) is 0 Å². The molecule has 2 aliphatic heterocycles. The molecule has 2 N–H and O–H groups in total. The molecule has 2 amide bonds. The van der Waals surface area contributed by atoms with E-state index >= 15 is 0 Å². The topological polar surface area (TPSA) is 44.4 Å². The summed E-state index contributed by atoms with van der Waals surface area (Å²) in [6.45, 7) is 2.39. The molecule has 0 spiro atoms. The minimum atomic E-state index is 0.0641. The van der Waals surface area contributed by atoms with Gasteiger partial charge in [-0.25, -0.2) is 4.79 Å². The predicted molar refractivity (Wildman–Crippen MR) is 84.2 cm³/mol. The highest BCUT2D eigenvalue weighted by Crippen LogP contribution is 2.29. The van der Waals surface area contributed by atoms with Crippen LogP contribution in [0.15, 0.2) is 0 Å². The number of rotatable bonds is 3. The zero-order chi connectivity index (χ0) is 13.9. The fraction of sp³-hybridized carbons (Fsp3) is 0.933. The van der Waals surface area contributed by atoms with Gasteiger partial charge >= 0.3 is 6.03 Å². The standard InChI is InChI=1S/C15H27N3OS/c1-20-12-6-5-11(10-12)16-15(19)17-13-7-9-18-8-3-2-4-14(13)18/h11-14H,2-10H2,1H3,(H2,16,17,19). The summed E-state index contributed by atoms with van der Waals surface area (Å²) in [4.78, 5) is 14.7. The maximum atomic E-state index is 12.2. The average molecular weight is 297 g/mol. The number of thioether (sulfide) groups is 1. The molecule has 3 rings (SSSR count). The predicted octanol–water partition coefficient (Wildman–Crippen LogP) is 2.20. The zero-order valence-electron chi connectivity index (χ0n) is 12.4. The maximum absolute atomic E-state index is 12.2. The molecular formula is C15H27N3OS. The lowest BCUT2D eigenvalue weighted by molar-refractivity contribution is 0.178. The second-order valence-corrected chi connectivity index (χ2v) is 7.62. The number of urea groups is 1. The van der Waals surface area contributed by atoms with Gasteiger partial charge < -0.3 is 10.6 Å². The molecular weight excluding hydrogens is 270 g/mol. The van der Waals surface area contributed by atoms with E-state index in [1.807, 2.05) is 11.8 Å². The highest BCUT2D eigenvalue weighted by molar-refractivity contribution is 7.99. The summed E-state index contributed by atoms with van der Waals surface area (Å²) >= 11 is 1.93. The van der Waals surface area contributed by atoms with Crippen LogP contribution in [-0.4, -0.2) is 53.7 Å². The van der Waals surface area contributed by atoms with Gasteiger partial charge in [0.2, 0.25) is 0 Å². The van der Waals surface area contributed by atoms with E-state index in [-0.39, 0.29) is 6.03 Å². The summed E-state index contributed by atoms with van der Waals surface area (Å²) < 4.78 is 0. The molecule has 0 aromatic heterocycles. The number of amides is 2. The van der Waals surface area contributed by atoms with Crippen molar-refractivity contribution in [3.05, 3.63) is 0 Å². The molecule has 2 saturated heterocycles. The first-order valence-corrected chi connectivity index (χ1v) is 9.39. The lowest BCUT2D eigenvalue weighted by Gasteiger charge is -2.32. The normalized spacial score (nSPS) is 37.6. The van der Waals surface area contributed by atoms with Crippen molar-refractivity contribution in [3.63, 3.8) is 0 Å². The van der Waals surface area contributed by atoms with Crippen LogP contribution in [0.2, 0.25) is 0 Å². The van der Waals surface area contributed by atoms with Gasteiger partial charge in [-0.05, 0) is 51.3 Å². The van der Waals surface area contributed by atoms with Gasteiger partial charge in [0, 0.05) is 29.9 Å². The molecule has 20 heavy (non-hydrogen) atoms. The SMILES string of the molecule is CSC1CCC(NC(=O)NC2CCN3CCCCC23)C1. The third-order valence-corrected chi connectivity index (χ3v) is 6.32. The molecule has 3 aliphatic rings. The van der Waals surface area contributed by atoms with E-state index in [2.05, 4.69) is 21.8 Å². The number of hydrogen-bond donors (Lipinski definition) is 2. The van der Waals surface area contributed by atoms with E-state index in [1.165, 1.54) is 32.2 Å². The molecule has 0 aromatic rings. The molecule has 4 unspecified atom stereocenters. The van der Waals surface area contributed by atoms with Crippen LogP contribution in [0.5, 0.6) is 0 Å². The van der Waals surface area contributed by atoms with E-state index in [9.17, 15) is 4.79 Å². The van der Waals surface area contributed by atoms with Crippen molar-refractivity contribution in [2.24, 2.45) is 0 Å². The van der Waals surface area contributed by atoms with Crippen LogP contribution < -0.4 is 10.6 Å². The molecule has 4 atom stereocenters. The Balaban J connectivity index is 1.45. The fourth-order valence-corrected chi connectivity index (χ4v) is 4.89. The number of hydrogen-bond acceptors (Lipinski definition) is 3. The van der Waals surface area contributed by atoms with Crippen LogP contribution in [0.3, 0.4) is 0 Å². The summed E-state index contributed by atoms with van der Waals surface area (Å²) in [7, 11) is 0. The number of piperidine rings is 1. The Morgan fingerprint density at radius 2 is 2.00 bits per heavy atom. The van der Waals surface area contributed by atoms with Crippen molar-refractivity contribution in [3.8, 4) is 0 Å². The fourth-order valence-electron chi connectivity index (χ4n) is 4.10. The van der Waals surface area contributed by atoms with Gasteiger partial charge in [-0.1, -0.05) is 6.42 Å². The second kappa shape index (κ2) is 6.56. The van der Waals surface area contributed by atoms with E-state index in [0.717, 1.165) is 31.1 Å². The molecule has 3 fully saturated rings. The maximum Gasteiger partial charge on any atom is 0.315 e. The highest BCUT2D eigenvalue weighted by atomic mass is 32.2. The quantitative estimate of drug-likeness (QED) is 0.839. The van der Waals surface area contributed by atoms with Crippen molar-refractivity contribution in [1.29, 1.82) is 0 Å². The Bertz CT molecular complexity index is 352. The first kappa shape index (κ1) is 14.5. The van der Waals surface area contributed by atoms with E-state index in [4.69, 9.17) is 0 Å². The first-order valence-electron chi connectivity index (χ1n) is 8.10. The zero-order valence-corrected chi connectivity index (χ0v) is 13.3. The number of nitrogens with one attached hydrogen (secondary N) is 2. The lowest BCUT2D eigenvalue weighted by atomic mass is 9.99. The molecule has 5 heteroatoms. The van der Waals surface area contributed by atoms with E-state index in [1.54, 1.807) is 0 Å². The van der Waals surface area contributed by atoms with Gasteiger partial charge in [0.05, 0.1) is 0 Å². The Kier molecular flexibility index (Phi) is 4.76. The van der Waals surface area contributed by atoms with Crippen LogP contribution in [-0.2, 0) is 0 Å². The molecule has 2 heterocycles. The van der Waals surface area contributed by atoms with Crippen molar-refractivity contribution in [1.82, 2.24) is 15.5 Å². The Labute approximate surface area is 126 Å². The summed E-state index contributed by atoms with van der Waals surface area (Å²) in [6, 6.07) is 1.41. The average Bonchev–Trinajstić information content (AvgIpc) is 3.06. The summed E-state index contributed by atoms with van der Waals surface area (Å²) in [5, 5.41) is 7.16. The van der Waals surface area contributed by atoms with Crippen molar-refractivity contribution in [2.75, 3.05) is 19.3 Å². The molecule has 4 nitrogen and oxygen atoms in total. The number of fused-ring (bicyclic) bond motifs is 1. The molecule has 0 radical (unpaired) electrons. The Hall–Kier alpha value is -0.420. The van der Waals surface area contributed by atoms with Crippen LogP contribution in [0.1, 0.15) is 44.9 Å². The monoisotopic (exact) mass is 297 g/mol. The summed E-state index contributed by atoms with van der Waals surface area (Å²) in [6.07, 6.45) is 10.7. The highest BCUT2D eigenvalue weighted by Gasteiger charge is 2.36. The van der Waals surface area contributed by atoms with Gasteiger partial charge in [0.25, 0.3) is 0 Å². The van der Waals surface area contributed by atoms with Crippen molar-refractivity contribution in [2.45, 2.75) is 68.3 Å². The molecule has 0 aromatic carbocycles. The largest absolute Gasteiger partial charge is 0.335 e. The molecule has 1 aliphatic carbocycles. The molecule has 0 bridgehead atoms. The minimum absolute atomic E-state index is 0.0641. The Morgan fingerprint density at radius 3 is 2.80 bits per heavy atom. The van der Waals surface area contributed by atoms with Gasteiger partial charge in [-0.15, -0.1) is 0 Å².